The van der Waals surface area contributed by atoms with Gasteiger partial charge in [0, 0.05) is 6.07 Å². The Morgan fingerprint density at radius 1 is 1.03 bits per heavy atom. The fraction of sp³-hybridized carbons (Fsp3) is 0.250. The molecule has 1 heterocycles. The Morgan fingerprint density at radius 3 is 2.50 bits per heavy atom. The second-order valence-electron chi connectivity index (χ2n) is 7.17. The van der Waals surface area contributed by atoms with Crippen molar-refractivity contribution in [2.45, 2.75) is 13.8 Å². The fourth-order valence-electron chi connectivity index (χ4n) is 3.05. The highest BCUT2D eigenvalue weighted by molar-refractivity contribution is 8.18. The average molecular weight is 521 g/mol. The van der Waals surface area contributed by atoms with Crippen molar-refractivity contribution >= 4 is 46.5 Å². The van der Waals surface area contributed by atoms with E-state index in [4.69, 9.17) is 14.2 Å². The van der Waals surface area contributed by atoms with Crippen molar-refractivity contribution in [3.05, 3.63) is 58.5 Å². The second kappa shape index (κ2) is 12.2. The lowest BCUT2D eigenvalue weighted by Crippen LogP contribution is -2.36. The number of thioether (sulfide) groups is 1. The van der Waals surface area contributed by atoms with Gasteiger partial charge in [0.2, 0.25) is 5.91 Å². The van der Waals surface area contributed by atoms with E-state index in [0.717, 1.165) is 12.1 Å². The Morgan fingerprint density at radius 2 is 1.81 bits per heavy atom. The molecule has 36 heavy (non-hydrogen) atoms. The van der Waals surface area contributed by atoms with E-state index in [1.165, 1.54) is 6.08 Å². The molecule has 1 aliphatic rings. The van der Waals surface area contributed by atoms with Gasteiger partial charge >= 0.3 is 5.97 Å². The third-order valence-electron chi connectivity index (χ3n) is 4.60. The molecule has 0 radical (unpaired) electrons. The van der Waals surface area contributed by atoms with Gasteiger partial charge in [0.1, 0.15) is 18.2 Å². The van der Waals surface area contributed by atoms with Crippen LogP contribution in [0, 0.1) is 11.6 Å². The molecule has 3 amide bonds. The van der Waals surface area contributed by atoms with Crippen LogP contribution in [0.3, 0.4) is 0 Å². The number of rotatable bonds is 10. The van der Waals surface area contributed by atoms with Crippen molar-refractivity contribution in [3.8, 4) is 11.5 Å². The van der Waals surface area contributed by atoms with E-state index in [9.17, 15) is 28.0 Å². The number of nitrogens with zero attached hydrogens (tertiary/aromatic N) is 1. The molecular formula is C24H22F2N2O7S. The normalized spacial score (nSPS) is 14.2. The van der Waals surface area contributed by atoms with Crippen LogP contribution >= 0.6 is 11.8 Å². The zero-order chi connectivity index (χ0) is 26.2. The van der Waals surface area contributed by atoms with Crippen molar-refractivity contribution in [1.82, 2.24) is 4.90 Å². The summed E-state index contributed by atoms with van der Waals surface area (Å²) >= 11 is 0.635. The SMILES string of the molecule is CCOC(=O)COc1ccc(/C=C2\SC(=O)N(CC(=O)Nc3ccc(F)cc3F)C2=O)cc1OCC. The van der Waals surface area contributed by atoms with Gasteiger partial charge < -0.3 is 19.5 Å². The van der Waals surface area contributed by atoms with Gasteiger partial charge in [0.25, 0.3) is 11.1 Å². The van der Waals surface area contributed by atoms with Crippen molar-refractivity contribution in [1.29, 1.82) is 0 Å². The largest absolute Gasteiger partial charge is 0.490 e. The molecule has 0 spiro atoms. The molecule has 9 nitrogen and oxygen atoms in total. The molecule has 2 aromatic rings. The molecule has 1 aliphatic heterocycles. The summed E-state index contributed by atoms with van der Waals surface area (Å²) in [7, 11) is 0. The van der Waals surface area contributed by atoms with E-state index >= 15 is 0 Å². The number of imide groups is 1. The molecule has 2 aromatic carbocycles. The first-order chi connectivity index (χ1) is 17.2. The standard InChI is InChI=1S/C24H22F2N2O7S/c1-3-33-19-9-14(5-8-18(19)35-13-22(30)34-4-2)10-20-23(31)28(24(32)36-20)12-21(29)27-17-7-6-15(25)11-16(17)26/h5-11H,3-4,12-13H2,1-2H3,(H,27,29)/b20-10-. The van der Waals surface area contributed by atoms with Crippen LogP contribution in [0.4, 0.5) is 19.3 Å². The predicted octanol–water partition coefficient (Wildman–Crippen LogP) is 3.98. The number of halogens is 2. The Labute approximate surface area is 209 Å². The van der Waals surface area contributed by atoms with Crippen LogP contribution in [0.15, 0.2) is 41.3 Å². The van der Waals surface area contributed by atoms with Gasteiger partial charge in [-0.1, -0.05) is 6.07 Å². The van der Waals surface area contributed by atoms with E-state index in [1.54, 1.807) is 32.0 Å². The molecule has 0 bridgehead atoms. The van der Waals surface area contributed by atoms with Crippen molar-refractivity contribution in [2.75, 3.05) is 31.7 Å². The van der Waals surface area contributed by atoms with Gasteiger partial charge in [0.15, 0.2) is 18.1 Å². The maximum Gasteiger partial charge on any atom is 0.344 e. The summed E-state index contributed by atoms with van der Waals surface area (Å²) in [5.41, 5.74) is 0.225. The summed E-state index contributed by atoms with van der Waals surface area (Å²) in [5, 5.41) is 1.53. The maximum atomic E-state index is 13.8. The number of carbonyl (C=O) groups excluding carboxylic acids is 4. The molecule has 12 heteroatoms. The summed E-state index contributed by atoms with van der Waals surface area (Å²) in [4.78, 5) is 49.7. The second-order valence-corrected chi connectivity index (χ2v) is 8.17. The van der Waals surface area contributed by atoms with E-state index < -0.39 is 41.2 Å². The number of hydrogen-bond acceptors (Lipinski definition) is 8. The molecule has 1 saturated heterocycles. The number of ether oxygens (including phenoxy) is 3. The molecule has 0 aliphatic carbocycles. The number of carbonyl (C=O) groups is 4. The van der Waals surface area contributed by atoms with Crippen LogP contribution in [0.25, 0.3) is 6.08 Å². The zero-order valence-electron chi connectivity index (χ0n) is 19.3. The van der Waals surface area contributed by atoms with Crippen LogP contribution in [-0.4, -0.2) is 54.3 Å². The summed E-state index contributed by atoms with van der Waals surface area (Å²) in [5.74, 6) is -3.27. The van der Waals surface area contributed by atoms with Gasteiger partial charge in [-0.2, -0.15) is 0 Å². The Balaban J connectivity index is 1.70. The van der Waals surface area contributed by atoms with Crippen molar-refractivity contribution in [3.63, 3.8) is 0 Å². The molecular weight excluding hydrogens is 498 g/mol. The van der Waals surface area contributed by atoms with Crippen LogP contribution in [0.1, 0.15) is 19.4 Å². The summed E-state index contributed by atoms with van der Waals surface area (Å²) < 4.78 is 42.6. The number of amides is 3. The first-order valence-corrected chi connectivity index (χ1v) is 11.6. The van der Waals surface area contributed by atoms with Gasteiger partial charge in [0.05, 0.1) is 23.8 Å². The monoisotopic (exact) mass is 520 g/mol. The summed E-state index contributed by atoms with van der Waals surface area (Å²) in [6, 6.07) is 7.31. The van der Waals surface area contributed by atoms with E-state index in [-0.39, 0.29) is 23.8 Å². The topological polar surface area (TPSA) is 111 Å². The molecule has 1 N–H and O–H groups in total. The smallest absolute Gasteiger partial charge is 0.344 e. The highest BCUT2D eigenvalue weighted by Crippen LogP contribution is 2.34. The molecule has 190 valence electrons. The molecule has 0 atom stereocenters. The van der Waals surface area contributed by atoms with Crippen LogP contribution in [0.2, 0.25) is 0 Å². The third-order valence-corrected chi connectivity index (χ3v) is 5.50. The fourth-order valence-corrected chi connectivity index (χ4v) is 3.89. The zero-order valence-corrected chi connectivity index (χ0v) is 20.2. The first kappa shape index (κ1) is 26.7. The number of nitrogens with one attached hydrogen (secondary N) is 1. The quantitative estimate of drug-likeness (QED) is 0.370. The van der Waals surface area contributed by atoms with Gasteiger partial charge in [-0.15, -0.1) is 0 Å². The Hall–Kier alpha value is -3.93. The van der Waals surface area contributed by atoms with Gasteiger partial charge in [-0.05, 0) is 61.5 Å². The predicted molar refractivity (Wildman–Crippen MR) is 127 cm³/mol. The molecule has 0 aromatic heterocycles. The van der Waals surface area contributed by atoms with E-state index in [2.05, 4.69) is 5.32 Å². The molecule has 0 unspecified atom stereocenters. The minimum atomic E-state index is -0.989. The van der Waals surface area contributed by atoms with Crippen molar-refractivity contribution < 1.29 is 42.2 Å². The molecule has 3 rings (SSSR count). The lowest BCUT2D eigenvalue weighted by Gasteiger charge is -2.13. The molecule has 1 fully saturated rings. The summed E-state index contributed by atoms with van der Waals surface area (Å²) in [6.07, 6.45) is 1.44. The minimum absolute atomic E-state index is 0.0587. The van der Waals surface area contributed by atoms with Gasteiger partial charge in [-0.25, -0.2) is 13.6 Å². The van der Waals surface area contributed by atoms with Crippen LogP contribution < -0.4 is 14.8 Å². The number of esters is 1. The van der Waals surface area contributed by atoms with E-state index in [1.807, 2.05) is 0 Å². The van der Waals surface area contributed by atoms with E-state index in [0.29, 0.717) is 46.4 Å². The highest BCUT2D eigenvalue weighted by atomic mass is 32.2. The first-order valence-electron chi connectivity index (χ1n) is 10.8. The Kier molecular flexibility index (Phi) is 9.01. The molecule has 0 saturated carbocycles. The number of hydrogen-bond donors (Lipinski definition) is 1. The van der Waals surface area contributed by atoms with Crippen LogP contribution in [0.5, 0.6) is 11.5 Å². The van der Waals surface area contributed by atoms with Gasteiger partial charge in [-0.3, -0.25) is 19.3 Å². The lowest BCUT2D eigenvalue weighted by atomic mass is 10.2. The number of anilines is 1. The maximum absolute atomic E-state index is 13.8. The average Bonchev–Trinajstić information content (AvgIpc) is 3.08. The van der Waals surface area contributed by atoms with Crippen molar-refractivity contribution in [2.24, 2.45) is 0 Å². The third kappa shape index (κ3) is 6.81. The highest BCUT2D eigenvalue weighted by Gasteiger charge is 2.36. The Bertz CT molecular complexity index is 1220. The summed E-state index contributed by atoms with van der Waals surface area (Å²) in [6.45, 7) is 3.01. The van der Waals surface area contributed by atoms with Crippen LogP contribution in [-0.2, 0) is 19.1 Å². The minimum Gasteiger partial charge on any atom is -0.490 e. The lowest BCUT2D eigenvalue weighted by molar-refractivity contribution is -0.145. The number of benzene rings is 2.